The fourth-order valence-corrected chi connectivity index (χ4v) is 1.30. The summed E-state index contributed by atoms with van der Waals surface area (Å²) in [6, 6.07) is 4.21. The summed E-state index contributed by atoms with van der Waals surface area (Å²) in [6.07, 6.45) is 0. The second-order valence-corrected chi connectivity index (χ2v) is 3.53. The summed E-state index contributed by atoms with van der Waals surface area (Å²) in [5, 5.41) is 10.4. The molecule has 0 aromatic heterocycles. The molecule has 0 radical (unpaired) electrons. The average Bonchev–Trinajstić information content (AvgIpc) is 2.18. The normalized spacial score (nSPS) is 9.73. The van der Waals surface area contributed by atoms with Crippen molar-refractivity contribution in [1.82, 2.24) is 5.32 Å². The number of amides is 1. The lowest BCUT2D eigenvalue weighted by Crippen LogP contribution is -2.29. The van der Waals surface area contributed by atoms with Crippen molar-refractivity contribution < 1.29 is 19.1 Å². The fraction of sp³-hybridized carbons (Fsp3) is 0.111. The molecule has 0 saturated carbocycles. The summed E-state index contributed by atoms with van der Waals surface area (Å²) < 4.78 is 13.5. The summed E-state index contributed by atoms with van der Waals surface area (Å²) in [5.41, 5.74) is -0.189. The molecule has 80 valence electrons. The summed E-state index contributed by atoms with van der Waals surface area (Å²) in [4.78, 5) is 21.5. The van der Waals surface area contributed by atoms with Crippen molar-refractivity contribution in [1.29, 1.82) is 0 Å². The Hall–Kier alpha value is -1.43. The van der Waals surface area contributed by atoms with Gasteiger partial charge in [-0.2, -0.15) is 0 Å². The lowest BCUT2D eigenvalue weighted by atomic mass is 10.2. The Kier molecular flexibility index (Phi) is 3.79. The second kappa shape index (κ2) is 4.88. The van der Waals surface area contributed by atoms with Crippen molar-refractivity contribution in [2.75, 3.05) is 6.54 Å². The quantitative estimate of drug-likeness (QED) is 0.877. The van der Waals surface area contributed by atoms with Gasteiger partial charge in [0.25, 0.3) is 5.91 Å². The molecule has 1 amide bonds. The van der Waals surface area contributed by atoms with Crippen molar-refractivity contribution in [2.24, 2.45) is 0 Å². The van der Waals surface area contributed by atoms with Crippen molar-refractivity contribution >= 4 is 27.8 Å². The molecule has 0 saturated heterocycles. The molecule has 0 heterocycles. The van der Waals surface area contributed by atoms with Crippen LogP contribution >= 0.6 is 15.9 Å². The van der Waals surface area contributed by atoms with Crippen LogP contribution in [0.1, 0.15) is 10.4 Å². The van der Waals surface area contributed by atoms with E-state index in [0.717, 1.165) is 0 Å². The minimum atomic E-state index is -1.18. The highest BCUT2D eigenvalue weighted by molar-refractivity contribution is 9.10. The maximum atomic E-state index is 13.3. The van der Waals surface area contributed by atoms with Crippen LogP contribution in [0.5, 0.6) is 0 Å². The lowest BCUT2D eigenvalue weighted by molar-refractivity contribution is -0.135. The highest BCUT2D eigenvalue weighted by Gasteiger charge is 2.13. The Labute approximate surface area is 93.2 Å². The van der Waals surface area contributed by atoms with E-state index in [1.54, 1.807) is 0 Å². The monoisotopic (exact) mass is 275 g/mol. The van der Waals surface area contributed by atoms with E-state index in [0.29, 0.717) is 0 Å². The Morgan fingerprint density at radius 1 is 1.47 bits per heavy atom. The summed E-state index contributed by atoms with van der Waals surface area (Å²) >= 11 is 2.92. The van der Waals surface area contributed by atoms with Crippen LogP contribution in [0.4, 0.5) is 4.39 Å². The number of rotatable bonds is 3. The van der Waals surface area contributed by atoms with Crippen LogP contribution in [0, 0.1) is 5.82 Å². The number of aliphatic carboxylic acids is 1. The molecular weight excluding hydrogens is 269 g/mol. The topological polar surface area (TPSA) is 66.4 Å². The van der Waals surface area contributed by atoms with Crippen LogP contribution in [0.25, 0.3) is 0 Å². The molecule has 6 heteroatoms. The number of carbonyl (C=O) groups is 2. The van der Waals surface area contributed by atoms with E-state index >= 15 is 0 Å². The van der Waals surface area contributed by atoms with Gasteiger partial charge in [0, 0.05) is 0 Å². The molecule has 0 aliphatic carbocycles. The molecular formula is C9H7BrFNO3. The van der Waals surface area contributed by atoms with Gasteiger partial charge in [0.15, 0.2) is 0 Å². The van der Waals surface area contributed by atoms with E-state index < -0.39 is 24.2 Å². The van der Waals surface area contributed by atoms with Gasteiger partial charge in [0.2, 0.25) is 0 Å². The zero-order valence-electron chi connectivity index (χ0n) is 7.46. The van der Waals surface area contributed by atoms with Gasteiger partial charge in [-0.25, -0.2) is 4.39 Å². The third-order valence-electron chi connectivity index (χ3n) is 1.60. The third kappa shape index (κ3) is 3.02. The zero-order valence-corrected chi connectivity index (χ0v) is 9.04. The van der Waals surface area contributed by atoms with Gasteiger partial charge in [-0.05, 0) is 28.1 Å². The Balaban J connectivity index is 2.82. The number of carbonyl (C=O) groups excluding carboxylic acids is 1. The number of benzene rings is 1. The number of hydrogen-bond acceptors (Lipinski definition) is 2. The second-order valence-electron chi connectivity index (χ2n) is 2.68. The minimum Gasteiger partial charge on any atom is -0.480 e. The zero-order chi connectivity index (χ0) is 11.4. The van der Waals surface area contributed by atoms with Crippen LogP contribution in [-0.2, 0) is 4.79 Å². The Morgan fingerprint density at radius 3 is 2.73 bits per heavy atom. The molecule has 1 rings (SSSR count). The molecule has 0 fully saturated rings. The molecule has 0 aliphatic rings. The van der Waals surface area contributed by atoms with E-state index in [1.165, 1.54) is 18.2 Å². The SMILES string of the molecule is O=C(O)CNC(=O)c1cccc(Br)c1F. The highest BCUT2D eigenvalue weighted by atomic mass is 79.9. The number of carboxylic acid groups (broad SMARTS) is 1. The number of hydrogen-bond donors (Lipinski definition) is 2. The van der Waals surface area contributed by atoms with E-state index in [4.69, 9.17) is 5.11 Å². The highest BCUT2D eigenvalue weighted by Crippen LogP contribution is 2.18. The molecule has 4 nitrogen and oxygen atoms in total. The van der Waals surface area contributed by atoms with Crippen LogP contribution in [0.2, 0.25) is 0 Å². The molecule has 2 N–H and O–H groups in total. The molecule has 1 aromatic carbocycles. The van der Waals surface area contributed by atoms with Gasteiger partial charge in [-0.15, -0.1) is 0 Å². The third-order valence-corrected chi connectivity index (χ3v) is 2.21. The van der Waals surface area contributed by atoms with E-state index in [2.05, 4.69) is 21.2 Å². The maximum absolute atomic E-state index is 13.3. The Bertz CT molecular complexity index is 408. The summed E-state index contributed by atoms with van der Waals surface area (Å²) in [6.45, 7) is -0.537. The van der Waals surface area contributed by atoms with Gasteiger partial charge in [0.1, 0.15) is 12.4 Å². The molecule has 0 atom stereocenters. The van der Waals surface area contributed by atoms with E-state index in [9.17, 15) is 14.0 Å². The van der Waals surface area contributed by atoms with Crippen LogP contribution in [-0.4, -0.2) is 23.5 Å². The predicted octanol–water partition coefficient (Wildman–Crippen LogP) is 1.40. The molecule has 1 aromatic rings. The summed E-state index contributed by atoms with van der Waals surface area (Å²) in [7, 11) is 0. The van der Waals surface area contributed by atoms with Crippen molar-refractivity contribution in [3.63, 3.8) is 0 Å². The molecule has 0 unspecified atom stereocenters. The van der Waals surface area contributed by atoms with Crippen molar-refractivity contribution in [3.05, 3.63) is 34.1 Å². The largest absolute Gasteiger partial charge is 0.480 e. The first-order valence-electron chi connectivity index (χ1n) is 3.96. The molecule has 0 spiro atoms. The van der Waals surface area contributed by atoms with Gasteiger partial charge in [-0.1, -0.05) is 6.07 Å². The van der Waals surface area contributed by atoms with Crippen LogP contribution in [0.3, 0.4) is 0 Å². The first-order valence-corrected chi connectivity index (χ1v) is 4.75. The fourth-order valence-electron chi connectivity index (χ4n) is 0.930. The summed E-state index contributed by atoms with van der Waals surface area (Å²) in [5.74, 6) is -2.64. The lowest BCUT2D eigenvalue weighted by Gasteiger charge is -2.04. The number of halogens is 2. The van der Waals surface area contributed by atoms with Crippen LogP contribution < -0.4 is 5.32 Å². The average molecular weight is 276 g/mol. The van der Waals surface area contributed by atoms with Gasteiger partial charge in [0.05, 0.1) is 10.0 Å². The smallest absolute Gasteiger partial charge is 0.322 e. The van der Waals surface area contributed by atoms with Gasteiger partial charge < -0.3 is 10.4 Å². The first-order chi connectivity index (χ1) is 7.02. The van der Waals surface area contributed by atoms with Crippen molar-refractivity contribution in [2.45, 2.75) is 0 Å². The van der Waals surface area contributed by atoms with Gasteiger partial charge >= 0.3 is 5.97 Å². The van der Waals surface area contributed by atoms with Crippen LogP contribution in [0.15, 0.2) is 22.7 Å². The Morgan fingerprint density at radius 2 is 2.13 bits per heavy atom. The van der Waals surface area contributed by atoms with E-state index in [-0.39, 0.29) is 10.0 Å². The van der Waals surface area contributed by atoms with Gasteiger partial charge in [-0.3, -0.25) is 9.59 Å². The number of carboxylic acids is 1. The number of nitrogens with one attached hydrogen (secondary N) is 1. The van der Waals surface area contributed by atoms with E-state index in [1.807, 2.05) is 0 Å². The minimum absolute atomic E-state index is 0.158. The maximum Gasteiger partial charge on any atom is 0.322 e. The first kappa shape index (κ1) is 11.6. The molecule has 0 bridgehead atoms. The standard InChI is InChI=1S/C9H7BrFNO3/c10-6-3-1-2-5(8(6)11)9(15)12-4-7(13)14/h1-3H,4H2,(H,12,15)(H,13,14). The van der Waals surface area contributed by atoms with Crippen molar-refractivity contribution in [3.8, 4) is 0 Å². The molecule has 15 heavy (non-hydrogen) atoms. The molecule has 0 aliphatic heterocycles. The predicted molar refractivity (Wildman–Crippen MR) is 54.1 cm³/mol.